The molecule has 0 bridgehead atoms. The van der Waals surface area contributed by atoms with Crippen molar-refractivity contribution >= 4 is 0 Å². The zero-order valence-electron chi connectivity index (χ0n) is 11.7. The highest BCUT2D eigenvalue weighted by Gasteiger charge is 2.26. The molecule has 1 aliphatic carbocycles. The number of hydrogen-bond acceptors (Lipinski definition) is 2. The van der Waals surface area contributed by atoms with Crippen molar-refractivity contribution in [2.24, 2.45) is 11.3 Å². The summed E-state index contributed by atoms with van der Waals surface area (Å²) < 4.78 is 0. The summed E-state index contributed by atoms with van der Waals surface area (Å²) in [5, 5.41) is 7.29. The summed E-state index contributed by atoms with van der Waals surface area (Å²) in [6, 6.07) is 0.723. The van der Waals surface area contributed by atoms with Crippen molar-refractivity contribution in [2.75, 3.05) is 19.6 Å². The van der Waals surface area contributed by atoms with Crippen LogP contribution in [0.1, 0.15) is 58.8 Å². The van der Waals surface area contributed by atoms with E-state index < -0.39 is 0 Å². The van der Waals surface area contributed by atoms with E-state index in [0.717, 1.165) is 12.0 Å². The standard InChI is InChI=1S/C15H30N2/c1-13-10-14(6-9-17-13)11-16-12-15(2)7-4-3-5-8-15/h13-14,16-17H,3-12H2,1-2H3. The van der Waals surface area contributed by atoms with Crippen LogP contribution in [-0.2, 0) is 0 Å². The summed E-state index contributed by atoms with van der Waals surface area (Å²) in [4.78, 5) is 0. The Bertz CT molecular complexity index is 221. The Morgan fingerprint density at radius 3 is 2.71 bits per heavy atom. The largest absolute Gasteiger partial charge is 0.316 e. The molecule has 100 valence electrons. The number of nitrogens with one attached hydrogen (secondary N) is 2. The van der Waals surface area contributed by atoms with Gasteiger partial charge in [-0.2, -0.15) is 0 Å². The van der Waals surface area contributed by atoms with Crippen LogP contribution in [0.15, 0.2) is 0 Å². The first-order valence-corrected chi connectivity index (χ1v) is 7.62. The summed E-state index contributed by atoms with van der Waals surface area (Å²) in [6.45, 7) is 8.48. The van der Waals surface area contributed by atoms with Gasteiger partial charge in [-0.15, -0.1) is 0 Å². The van der Waals surface area contributed by atoms with E-state index in [1.165, 1.54) is 64.6 Å². The van der Waals surface area contributed by atoms with E-state index in [1.54, 1.807) is 0 Å². The zero-order chi connectivity index (χ0) is 12.1. The first kappa shape index (κ1) is 13.4. The fraction of sp³-hybridized carbons (Fsp3) is 1.00. The molecule has 2 heteroatoms. The Kier molecular flexibility index (Phi) is 4.87. The van der Waals surface area contributed by atoms with Gasteiger partial charge in [-0.05, 0) is 57.0 Å². The smallest absolute Gasteiger partial charge is 0.00418 e. The minimum atomic E-state index is 0.594. The van der Waals surface area contributed by atoms with Crippen molar-refractivity contribution in [3.05, 3.63) is 0 Å². The van der Waals surface area contributed by atoms with Gasteiger partial charge in [0.1, 0.15) is 0 Å². The summed E-state index contributed by atoms with van der Waals surface area (Å²) >= 11 is 0. The number of hydrogen-bond donors (Lipinski definition) is 2. The van der Waals surface area contributed by atoms with Gasteiger partial charge >= 0.3 is 0 Å². The van der Waals surface area contributed by atoms with E-state index in [9.17, 15) is 0 Å². The second-order valence-electron chi connectivity index (χ2n) is 6.75. The monoisotopic (exact) mass is 238 g/mol. The van der Waals surface area contributed by atoms with E-state index in [-0.39, 0.29) is 0 Å². The van der Waals surface area contributed by atoms with Gasteiger partial charge in [0.15, 0.2) is 0 Å². The third-order valence-corrected chi connectivity index (χ3v) is 4.78. The normalized spacial score (nSPS) is 33.5. The van der Waals surface area contributed by atoms with Crippen LogP contribution in [-0.4, -0.2) is 25.7 Å². The minimum Gasteiger partial charge on any atom is -0.316 e. The van der Waals surface area contributed by atoms with Gasteiger partial charge in [0.25, 0.3) is 0 Å². The molecule has 0 aromatic carbocycles. The van der Waals surface area contributed by atoms with E-state index in [2.05, 4.69) is 24.5 Å². The van der Waals surface area contributed by atoms with Gasteiger partial charge in [0.2, 0.25) is 0 Å². The highest BCUT2D eigenvalue weighted by Crippen LogP contribution is 2.35. The van der Waals surface area contributed by atoms with Crippen molar-refractivity contribution < 1.29 is 0 Å². The lowest BCUT2D eigenvalue weighted by molar-refractivity contribution is 0.199. The maximum atomic E-state index is 3.76. The maximum absolute atomic E-state index is 3.76. The molecule has 1 saturated heterocycles. The lowest BCUT2D eigenvalue weighted by Crippen LogP contribution is -2.41. The Morgan fingerprint density at radius 2 is 2.00 bits per heavy atom. The second kappa shape index (κ2) is 6.19. The molecule has 2 atom stereocenters. The second-order valence-corrected chi connectivity index (χ2v) is 6.75. The number of piperidine rings is 1. The first-order valence-electron chi connectivity index (χ1n) is 7.62. The Hall–Kier alpha value is -0.0800. The average Bonchev–Trinajstić information content (AvgIpc) is 2.30. The summed E-state index contributed by atoms with van der Waals surface area (Å²) in [6.07, 6.45) is 9.93. The van der Waals surface area contributed by atoms with Crippen LogP contribution in [0.3, 0.4) is 0 Å². The van der Waals surface area contributed by atoms with Gasteiger partial charge in [0, 0.05) is 12.6 Å². The van der Waals surface area contributed by atoms with Crippen LogP contribution in [0.25, 0.3) is 0 Å². The van der Waals surface area contributed by atoms with Gasteiger partial charge in [0.05, 0.1) is 0 Å². The lowest BCUT2D eigenvalue weighted by Gasteiger charge is -2.35. The topological polar surface area (TPSA) is 24.1 Å². The van der Waals surface area contributed by atoms with Crippen LogP contribution >= 0.6 is 0 Å². The Labute approximate surface area is 107 Å². The predicted molar refractivity (Wildman–Crippen MR) is 74.3 cm³/mol. The van der Waals surface area contributed by atoms with E-state index >= 15 is 0 Å². The highest BCUT2D eigenvalue weighted by molar-refractivity contribution is 4.82. The van der Waals surface area contributed by atoms with Crippen LogP contribution in [0, 0.1) is 11.3 Å². The van der Waals surface area contributed by atoms with E-state index in [1.807, 2.05) is 0 Å². The first-order chi connectivity index (χ1) is 8.18. The molecule has 2 fully saturated rings. The molecule has 17 heavy (non-hydrogen) atoms. The van der Waals surface area contributed by atoms with Gasteiger partial charge in [-0.25, -0.2) is 0 Å². The molecule has 1 saturated carbocycles. The Morgan fingerprint density at radius 1 is 1.24 bits per heavy atom. The molecule has 1 aliphatic heterocycles. The Balaban J connectivity index is 1.64. The fourth-order valence-corrected chi connectivity index (χ4v) is 3.58. The molecule has 0 spiro atoms. The zero-order valence-corrected chi connectivity index (χ0v) is 11.7. The third kappa shape index (κ3) is 4.26. The van der Waals surface area contributed by atoms with Crippen LogP contribution < -0.4 is 10.6 Å². The van der Waals surface area contributed by atoms with Crippen molar-refractivity contribution in [2.45, 2.75) is 64.8 Å². The van der Waals surface area contributed by atoms with Crippen molar-refractivity contribution in [3.8, 4) is 0 Å². The average molecular weight is 238 g/mol. The molecule has 2 unspecified atom stereocenters. The minimum absolute atomic E-state index is 0.594. The quantitative estimate of drug-likeness (QED) is 0.787. The fourth-order valence-electron chi connectivity index (χ4n) is 3.58. The molecule has 2 aliphatic rings. The third-order valence-electron chi connectivity index (χ3n) is 4.78. The van der Waals surface area contributed by atoms with Crippen LogP contribution in [0.5, 0.6) is 0 Å². The maximum Gasteiger partial charge on any atom is 0.00418 e. The van der Waals surface area contributed by atoms with Crippen molar-refractivity contribution in [1.82, 2.24) is 10.6 Å². The molecule has 0 radical (unpaired) electrons. The molecular weight excluding hydrogens is 208 g/mol. The molecule has 0 aromatic rings. The summed E-state index contributed by atoms with van der Waals surface area (Å²) in [5.74, 6) is 0.901. The molecular formula is C15H30N2. The van der Waals surface area contributed by atoms with Crippen LogP contribution in [0.4, 0.5) is 0 Å². The summed E-state index contributed by atoms with van der Waals surface area (Å²) in [7, 11) is 0. The van der Waals surface area contributed by atoms with E-state index in [0.29, 0.717) is 5.41 Å². The highest BCUT2D eigenvalue weighted by atomic mass is 14.9. The van der Waals surface area contributed by atoms with Crippen LogP contribution in [0.2, 0.25) is 0 Å². The van der Waals surface area contributed by atoms with Crippen molar-refractivity contribution in [3.63, 3.8) is 0 Å². The van der Waals surface area contributed by atoms with Gasteiger partial charge < -0.3 is 10.6 Å². The molecule has 0 aromatic heterocycles. The molecule has 0 amide bonds. The van der Waals surface area contributed by atoms with E-state index in [4.69, 9.17) is 0 Å². The van der Waals surface area contributed by atoms with Gasteiger partial charge in [-0.3, -0.25) is 0 Å². The van der Waals surface area contributed by atoms with Gasteiger partial charge in [-0.1, -0.05) is 26.2 Å². The summed E-state index contributed by atoms with van der Waals surface area (Å²) in [5.41, 5.74) is 0.594. The lowest BCUT2D eigenvalue weighted by atomic mass is 9.75. The predicted octanol–water partition coefficient (Wildman–Crippen LogP) is 2.93. The van der Waals surface area contributed by atoms with Crippen molar-refractivity contribution in [1.29, 1.82) is 0 Å². The number of rotatable bonds is 4. The molecule has 1 heterocycles. The SMILES string of the molecule is CC1CC(CNCC2(C)CCCCC2)CCN1. The molecule has 2 N–H and O–H groups in total. The molecule has 2 nitrogen and oxygen atoms in total. The molecule has 2 rings (SSSR count).